The van der Waals surface area contributed by atoms with Crippen LogP contribution in [0.5, 0.6) is 0 Å². The molecule has 3 aromatic rings. The summed E-state index contributed by atoms with van der Waals surface area (Å²) in [6.45, 7) is 3.88. The van der Waals surface area contributed by atoms with E-state index >= 15 is 0 Å². The number of nitrogens with one attached hydrogen (secondary N) is 1. The van der Waals surface area contributed by atoms with Gasteiger partial charge in [-0.25, -0.2) is 4.39 Å². The minimum absolute atomic E-state index is 0.00995. The lowest BCUT2D eigenvalue weighted by Gasteiger charge is -2.32. The maximum Gasteiger partial charge on any atom is 0.243 e. The van der Waals surface area contributed by atoms with Crippen LogP contribution >= 0.6 is 11.6 Å². The third kappa shape index (κ3) is 6.91. The molecule has 0 spiro atoms. The molecule has 1 N–H and O–H groups in total. The molecule has 2 atom stereocenters. The summed E-state index contributed by atoms with van der Waals surface area (Å²) >= 11 is 6.31. The number of halogens is 2. The number of hydrogen-bond acceptors (Lipinski definition) is 2. The highest BCUT2D eigenvalue weighted by Gasteiger charge is 2.31. The van der Waals surface area contributed by atoms with Crippen molar-refractivity contribution in [1.29, 1.82) is 0 Å². The first-order chi connectivity index (χ1) is 16.4. The maximum atomic E-state index is 14.6. The van der Waals surface area contributed by atoms with Gasteiger partial charge in [0.25, 0.3) is 0 Å². The predicted molar refractivity (Wildman–Crippen MR) is 134 cm³/mol. The van der Waals surface area contributed by atoms with E-state index in [1.165, 1.54) is 11.0 Å². The van der Waals surface area contributed by atoms with Crippen molar-refractivity contribution in [2.24, 2.45) is 0 Å². The van der Waals surface area contributed by atoms with Crippen LogP contribution in [0.25, 0.3) is 0 Å². The van der Waals surface area contributed by atoms with E-state index in [4.69, 9.17) is 11.6 Å². The standard InChI is InChI=1S/C28H30ClFN2O2/c1-3-20(2)31-28(34)26(17-21-11-5-4-6-12-21)32(19-23-14-8-10-16-25(23)30)27(33)18-22-13-7-9-15-24(22)29/h4-16,20,26H,3,17-19H2,1-2H3,(H,31,34)/t20-,26-/m1/s1. The van der Waals surface area contributed by atoms with Crippen molar-refractivity contribution in [3.8, 4) is 0 Å². The van der Waals surface area contributed by atoms with E-state index in [0.29, 0.717) is 22.6 Å². The van der Waals surface area contributed by atoms with E-state index in [2.05, 4.69) is 5.32 Å². The second-order valence-corrected chi connectivity index (χ2v) is 8.81. The number of carbonyl (C=O) groups is 2. The molecule has 2 amide bonds. The number of rotatable bonds is 10. The smallest absolute Gasteiger partial charge is 0.243 e. The van der Waals surface area contributed by atoms with E-state index in [0.717, 1.165) is 12.0 Å². The zero-order valence-corrected chi connectivity index (χ0v) is 20.3. The fourth-order valence-corrected chi connectivity index (χ4v) is 3.91. The lowest BCUT2D eigenvalue weighted by molar-refractivity contribution is -0.141. The highest BCUT2D eigenvalue weighted by Crippen LogP contribution is 2.21. The number of nitrogens with zero attached hydrogens (tertiary/aromatic N) is 1. The van der Waals surface area contributed by atoms with E-state index in [1.807, 2.05) is 50.2 Å². The molecule has 0 aliphatic rings. The molecule has 0 aromatic heterocycles. The minimum Gasteiger partial charge on any atom is -0.352 e. The average Bonchev–Trinajstić information content (AvgIpc) is 2.84. The number of hydrogen-bond donors (Lipinski definition) is 1. The van der Waals surface area contributed by atoms with Crippen molar-refractivity contribution < 1.29 is 14.0 Å². The zero-order valence-electron chi connectivity index (χ0n) is 19.5. The van der Waals surface area contributed by atoms with Crippen LogP contribution in [0, 0.1) is 5.82 Å². The van der Waals surface area contributed by atoms with E-state index in [-0.39, 0.29) is 30.8 Å². The Morgan fingerprint density at radius 1 is 0.941 bits per heavy atom. The number of benzene rings is 3. The first-order valence-corrected chi connectivity index (χ1v) is 11.9. The largest absolute Gasteiger partial charge is 0.352 e. The molecule has 178 valence electrons. The summed E-state index contributed by atoms with van der Waals surface area (Å²) in [4.78, 5) is 28.5. The van der Waals surface area contributed by atoms with Crippen molar-refractivity contribution >= 4 is 23.4 Å². The minimum atomic E-state index is -0.814. The van der Waals surface area contributed by atoms with Gasteiger partial charge in [-0.15, -0.1) is 0 Å². The molecular formula is C28H30ClFN2O2. The van der Waals surface area contributed by atoms with Gasteiger partial charge < -0.3 is 10.2 Å². The summed E-state index contributed by atoms with van der Waals surface area (Å²) in [5, 5.41) is 3.49. The van der Waals surface area contributed by atoms with Gasteiger partial charge in [-0.3, -0.25) is 9.59 Å². The van der Waals surface area contributed by atoms with Gasteiger partial charge in [0.2, 0.25) is 11.8 Å². The van der Waals surface area contributed by atoms with Crippen LogP contribution in [0.2, 0.25) is 5.02 Å². The second-order valence-electron chi connectivity index (χ2n) is 8.40. The molecule has 0 aliphatic heterocycles. The summed E-state index contributed by atoms with van der Waals surface area (Å²) in [5.74, 6) is -0.975. The molecule has 0 saturated heterocycles. The van der Waals surface area contributed by atoms with Crippen LogP contribution in [-0.4, -0.2) is 28.8 Å². The van der Waals surface area contributed by atoms with Gasteiger partial charge in [-0.2, -0.15) is 0 Å². The van der Waals surface area contributed by atoms with Gasteiger partial charge in [0.05, 0.1) is 6.42 Å². The summed E-state index contributed by atoms with van der Waals surface area (Å²) in [7, 11) is 0. The average molecular weight is 481 g/mol. The maximum absolute atomic E-state index is 14.6. The first kappa shape index (κ1) is 25.4. The Balaban J connectivity index is 2.00. The summed E-state index contributed by atoms with van der Waals surface area (Å²) in [6, 6.07) is 22.1. The second kappa shape index (κ2) is 12.3. The van der Waals surface area contributed by atoms with Crippen LogP contribution in [0.3, 0.4) is 0 Å². The summed E-state index contributed by atoms with van der Waals surface area (Å²) < 4.78 is 14.6. The molecule has 0 radical (unpaired) electrons. The normalized spacial score (nSPS) is 12.6. The quantitative estimate of drug-likeness (QED) is 0.412. The van der Waals surface area contributed by atoms with E-state index in [9.17, 15) is 14.0 Å². The SMILES string of the molecule is CC[C@@H](C)NC(=O)[C@@H](Cc1ccccc1)N(Cc1ccccc1F)C(=O)Cc1ccccc1Cl. The molecule has 0 aliphatic carbocycles. The van der Waals surface area contributed by atoms with Crippen LogP contribution in [0.15, 0.2) is 78.9 Å². The Bertz CT molecular complexity index is 1110. The van der Waals surface area contributed by atoms with Crippen molar-refractivity contribution in [3.05, 3.63) is 106 Å². The van der Waals surface area contributed by atoms with Crippen molar-refractivity contribution in [3.63, 3.8) is 0 Å². The Hall–Kier alpha value is -3.18. The molecule has 3 aromatic carbocycles. The molecule has 34 heavy (non-hydrogen) atoms. The molecule has 0 saturated carbocycles. The van der Waals surface area contributed by atoms with E-state index in [1.54, 1.807) is 36.4 Å². The summed E-state index contributed by atoms with van der Waals surface area (Å²) in [5.41, 5.74) is 1.92. The van der Waals surface area contributed by atoms with Gasteiger partial charge in [0, 0.05) is 29.6 Å². The fraction of sp³-hybridized carbons (Fsp3) is 0.286. The molecule has 3 rings (SSSR count). The lowest BCUT2D eigenvalue weighted by atomic mass is 10.0. The highest BCUT2D eigenvalue weighted by atomic mass is 35.5. The van der Waals surface area contributed by atoms with Crippen molar-refractivity contribution in [2.75, 3.05) is 0 Å². The Morgan fingerprint density at radius 2 is 1.56 bits per heavy atom. The van der Waals surface area contributed by atoms with Crippen molar-refractivity contribution in [2.45, 2.75) is 51.7 Å². The fourth-order valence-electron chi connectivity index (χ4n) is 3.71. The molecule has 4 nitrogen and oxygen atoms in total. The van der Waals surface area contributed by atoms with Crippen molar-refractivity contribution in [1.82, 2.24) is 10.2 Å². The molecular weight excluding hydrogens is 451 g/mol. The Labute approximate surface area is 205 Å². The first-order valence-electron chi connectivity index (χ1n) is 11.5. The van der Waals surface area contributed by atoms with Crippen LogP contribution in [0.4, 0.5) is 4.39 Å². The van der Waals surface area contributed by atoms with Gasteiger partial charge in [-0.05, 0) is 36.6 Å². The molecule has 0 bridgehead atoms. The van der Waals surface area contributed by atoms with Crippen LogP contribution in [-0.2, 0) is 29.0 Å². The third-order valence-corrected chi connectivity index (χ3v) is 6.24. The molecule has 0 fully saturated rings. The van der Waals surface area contributed by atoms with E-state index < -0.39 is 11.9 Å². The Kier molecular flexibility index (Phi) is 9.23. The molecule has 6 heteroatoms. The lowest BCUT2D eigenvalue weighted by Crippen LogP contribution is -2.52. The molecule has 0 heterocycles. The van der Waals surface area contributed by atoms with Gasteiger partial charge in [0.1, 0.15) is 11.9 Å². The number of carbonyl (C=O) groups excluding carboxylic acids is 2. The number of amides is 2. The zero-order chi connectivity index (χ0) is 24.5. The molecule has 0 unspecified atom stereocenters. The van der Waals surface area contributed by atoms with Crippen LogP contribution in [0.1, 0.15) is 37.0 Å². The van der Waals surface area contributed by atoms with Crippen LogP contribution < -0.4 is 5.32 Å². The van der Waals surface area contributed by atoms with Gasteiger partial charge >= 0.3 is 0 Å². The third-order valence-electron chi connectivity index (χ3n) is 5.87. The monoisotopic (exact) mass is 480 g/mol. The summed E-state index contributed by atoms with van der Waals surface area (Å²) in [6.07, 6.45) is 1.08. The predicted octanol–water partition coefficient (Wildman–Crippen LogP) is 5.58. The highest BCUT2D eigenvalue weighted by molar-refractivity contribution is 6.31. The van der Waals surface area contributed by atoms with Gasteiger partial charge in [0.15, 0.2) is 0 Å². The Morgan fingerprint density at radius 3 is 2.21 bits per heavy atom. The van der Waals surface area contributed by atoms with Gasteiger partial charge in [-0.1, -0.05) is 85.3 Å². The topological polar surface area (TPSA) is 49.4 Å².